The third-order valence-corrected chi connectivity index (χ3v) is 3.38. The van der Waals surface area contributed by atoms with Gasteiger partial charge in [0.2, 0.25) is 0 Å². The highest BCUT2D eigenvalue weighted by Crippen LogP contribution is 2.32. The summed E-state index contributed by atoms with van der Waals surface area (Å²) in [4.78, 5) is 0. The lowest BCUT2D eigenvalue weighted by atomic mass is 9.89. The second-order valence-electron chi connectivity index (χ2n) is 5.68. The van der Waals surface area contributed by atoms with Crippen LogP contribution in [0.4, 0.5) is 0 Å². The molecule has 1 aromatic carbocycles. The maximum atomic E-state index is 9.86. The predicted molar refractivity (Wildman–Crippen MR) is 70.7 cm³/mol. The summed E-state index contributed by atoms with van der Waals surface area (Å²) in [5, 5.41) is 19.5. The number of aliphatic hydroxyl groups is 2. The van der Waals surface area contributed by atoms with Crippen LogP contribution in [0.2, 0.25) is 0 Å². The normalized spacial score (nSPS) is 19.4. The van der Waals surface area contributed by atoms with Crippen molar-refractivity contribution < 1.29 is 14.9 Å². The van der Waals surface area contributed by atoms with E-state index in [9.17, 15) is 10.2 Å². The van der Waals surface area contributed by atoms with Crippen LogP contribution in [0, 0.1) is 0 Å². The van der Waals surface area contributed by atoms with E-state index in [0.717, 1.165) is 30.6 Å². The van der Waals surface area contributed by atoms with Crippen molar-refractivity contribution in [1.82, 2.24) is 0 Å². The fraction of sp³-hybridized carbons (Fsp3) is 0.600. The van der Waals surface area contributed by atoms with Gasteiger partial charge in [-0.25, -0.2) is 0 Å². The maximum Gasteiger partial charge on any atom is 0.119 e. The summed E-state index contributed by atoms with van der Waals surface area (Å²) < 4.78 is 5.64. The molecule has 3 nitrogen and oxygen atoms in total. The molecule has 100 valence electrons. The van der Waals surface area contributed by atoms with E-state index in [2.05, 4.69) is 0 Å². The Morgan fingerprint density at radius 1 is 1.39 bits per heavy atom. The Hall–Kier alpha value is -1.06. The van der Waals surface area contributed by atoms with Crippen molar-refractivity contribution in [3.63, 3.8) is 0 Å². The first-order valence-electron chi connectivity index (χ1n) is 6.62. The molecular formula is C15H22O3. The average Bonchev–Trinajstić information content (AvgIpc) is 2.27. The molecule has 0 radical (unpaired) electrons. The number of benzene rings is 1. The fourth-order valence-corrected chi connectivity index (χ4v) is 2.27. The van der Waals surface area contributed by atoms with Crippen molar-refractivity contribution in [2.24, 2.45) is 0 Å². The molecule has 1 aliphatic carbocycles. The summed E-state index contributed by atoms with van der Waals surface area (Å²) in [5.41, 5.74) is 1.54. The Morgan fingerprint density at radius 3 is 2.89 bits per heavy atom. The molecule has 0 aliphatic heterocycles. The molecule has 0 saturated heterocycles. The number of aliphatic hydroxyl groups excluding tert-OH is 1. The Kier molecular flexibility index (Phi) is 3.93. The van der Waals surface area contributed by atoms with Gasteiger partial charge >= 0.3 is 0 Å². The second kappa shape index (κ2) is 5.29. The van der Waals surface area contributed by atoms with E-state index in [0.29, 0.717) is 13.0 Å². The lowest BCUT2D eigenvalue weighted by Crippen LogP contribution is -2.21. The van der Waals surface area contributed by atoms with Gasteiger partial charge in [0.1, 0.15) is 5.75 Å². The zero-order valence-electron chi connectivity index (χ0n) is 11.1. The van der Waals surface area contributed by atoms with Crippen LogP contribution in [0.1, 0.15) is 50.3 Å². The molecule has 18 heavy (non-hydrogen) atoms. The SMILES string of the molecule is CC(C)(O)CCOc1ccc2c(c1)CCCC2O. The first-order valence-corrected chi connectivity index (χ1v) is 6.62. The van der Waals surface area contributed by atoms with Crippen LogP contribution in [0.5, 0.6) is 5.75 Å². The van der Waals surface area contributed by atoms with Crippen LogP contribution in [0.25, 0.3) is 0 Å². The van der Waals surface area contributed by atoms with E-state index in [-0.39, 0.29) is 6.10 Å². The van der Waals surface area contributed by atoms with Crippen LogP contribution in [-0.2, 0) is 6.42 Å². The highest BCUT2D eigenvalue weighted by Gasteiger charge is 2.18. The minimum atomic E-state index is -0.690. The van der Waals surface area contributed by atoms with Crippen LogP contribution in [0.3, 0.4) is 0 Å². The number of hydrogen-bond acceptors (Lipinski definition) is 3. The Labute approximate surface area is 108 Å². The zero-order valence-corrected chi connectivity index (χ0v) is 11.1. The summed E-state index contributed by atoms with van der Waals surface area (Å²) in [6.45, 7) is 4.06. The summed E-state index contributed by atoms with van der Waals surface area (Å²) in [6, 6.07) is 5.87. The molecule has 2 N–H and O–H groups in total. The van der Waals surface area contributed by atoms with E-state index in [1.54, 1.807) is 13.8 Å². The van der Waals surface area contributed by atoms with Crippen LogP contribution in [0.15, 0.2) is 18.2 Å². The van der Waals surface area contributed by atoms with E-state index < -0.39 is 5.60 Å². The predicted octanol–water partition coefficient (Wildman–Crippen LogP) is 2.60. The van der Waals surface area contributed by atoms with Gasteiger partial charge in [-0.3, -0.25) is 0 Å². The number of fused-ring (bicyclic) bond motifs is 1. The van der Waals surface area contributed by atoms with E-state index in [1.807, 2.05) is 18.2 Å². The van der Waals surface area contributed by atoms with Gasteiger partial charge in [-0.15, -0.1) is 0 Å². The molecule has 2 rings (SSSR count). The van der Waals surface area contributed by atoms with Gasteiger partial charge in [-0.1, -0.05) is 6.07 Å². The summed E-state index contributed by atoms with van der Waals surface area (Å²) in [7, 11) is 0. The minimum Gasteiger partial charge on any atom is -0.493 e. The van der Waals surface area contributed by atoms with E-state index >= 15 is 0 Å². The van der Waals surface area contributed by atoms with Gasteiger partial charge in [0, 0.05) is 6.42 Å². The lowest BCUT2D eigenvalue weighted by molar-refractivity contribution is 0.0553. The highest BCUT2D eigenvalue weighted by atomic mass is 16.5. The molecular weight excluding hydrogens is 228 g/mol. The van der Waals surface area contributed by atoms with Gasteiger partial charge in [-0.2, -0.15) is 0 Å². The Morgan fingerprint density at radius 2 is 2.17 bits per heavy atom. The molecule has 0 saturated carbocycles. The molecule has 0 spiro atoms. The van der Waals surface area contributed by atoms with Gasteiger partial charge < -0.3 is 14.9 Å². The quantitative estimate of drug-likeness (QED) is 0.863. The van der Waals surface area contributed by atoms with Crippen molar-refractivity contribution in [2.45, 2.75) is 51.2 Å². The van der Waals surface area contributed by atoms with Crippen molar-refractivity contribution >= 4 is 0 Å². The maximum absolute atomic E-state index is 9.86. The third-order valence-electron chi connectivity index (χ3n) is 3.38. The molecule has 1 aliphatic rings. The van der Waals surface area contributed by atoms with Crippen LogP contribution in [-0.4, -0.2) is 22.4 Å². The standard InChI is InChI=1S/C15H22O3/c1-15(2,17)8-9-18-12-6-7-13-11(10-12)4-3-5-14(13)16/h6-7,10,14,16-17H,3-5,8-9H2,1-2H3. The van der Waals surface area contributed by atoms with Gasteiger partial charge in [-0.05, 0) is 56.4 Å². The van der Waals surface area contributed by atoms with E-state index in [1.165, 1.54) is 5.56 Å². The molecule has 0 heterocycles. The smallest absolute Gasteiger partial charge is 0.119 e. The second-order valence-corrected chi connectivity index (χ2v) is 5.68. The van der Waals surface area contributed by atoms with Crippen molar-refractivity contribution in [3.05, 3.63) is 29.3 Å². The molecule has 1 atom stereocenters. The van der Waals surface area contributed by atoms with Crippen molar-refractivity contribution in [3.8, 4) is 5.75 Å². The molecule has 1 unspecified atom stereocenters. The molecule has 0 aromatic heterocycles. The summed E-state index contributed by atoms with van der Waals surface area (Å²) >= 11 is 0. The number of hydrogen-bond donors (Lipinski definition) is 2. The summed E-state index contributed by atoms with van der Waals surface area (Å²) in [5.74, 6) is 0.826. The van der Waals surface area contributed by atoms with Crippen LogP contribution < -0.4 is 4.74 Å². The Balaban J connectivity index is 1.99. The molecule has 1 aromatic rings. The highest BCUT2D eigenvalue weighted by molar-refractivity contribution is 5.38. The number of aryl methyl sites for hydroxylation is 1. The first kappa shape index (κ1) is 13.4. The van der Waals surface area contributed by atoms with Gasteiger partial charge in [0.25, 0.3) is 0 Å². The zero-order chi connectivity index (χ0) is 13.2. The van der Waals surface area contributed by atoms with Crippen molar-refractivity contribution in [2.75, 3.05) is 6.61 Å². The Bertz CT molecular complexity index is 407. The minimum absolute atomic E-state index is 0.320. The molecule has 0 fully saturated rings. The molecule has 0 bridgehead atoms. The van der Waals surface area contributed by atoms with Gasteiger partial charge in [0.15, 0.2) is 0 Å². The fourth-order valence-electron chi connectivity index (χ4n) is 2.27. The molecule has 3 heteroatoms. The number of rotatable bonds is 4. The van der Waals surface area contributed by atoms with Crippen molar-refractivity contribution in [1.29, 1.82) is 0 Å². The third kappa shape index (κ3) is 3.47. The topological polar surface area (TPSA) is 49.7 Å². The lowest BCUT2D eigenvalue weighted by Gasteiger charge is -2.22. The van der Waals surface area contributed by atoms with Gasteiger partial charge in [0.05, 0.1) is 18.3 Å². The first-order chi connectivity index (χ1) is 8.46. The summed E-state index contributed by atoms with van der Waals surface area (Å²) in [6.07, 6.45) is 3.17. The van der Waals surface area contributed by atoms with E-state index in [4.69, 9.17) is 4.74 Å². The largest absolute Gasteiger partial charge is 0.493 e. The number of ether oxygens (including phenoxy) is 1. The van der Waals surface area contributed by atoms with Crippen LogP contribution >= 0.6 is 0 Å². The average molecular weight is 250 g/mol. The molecule has 0 amide bonds. The monoisotopic (exact) mass is 250 g/mol.